The molecule has 3 nitrogen and oxygen atoms in total. The molecule has 16 heavy (non-hydrogen) atoms. The lowest BCUT2D eigenvalue weighted by molar-refractivity contribution is 0.148. The minimum Gasteiger partial charge on any atom is -0.460 e. The van der Waals surface area contributed by atoms with Crippen LogP contribution in [-0.2, 0) is 11.3 Å². The van der Waals surface area contributed by atoms with Crippen LogP contribution in [0.3, 0.4) is 0 Å². The number of fused-ring (bicyclic) bond motifs is 1. The monoisotopic (exact) mass is 219 g/mol. The van der Waals surface area contributed by atoms with Gasteiger partial charge in [0, 0.05) is 18.5 Å². The second-order valence-electron chi connectivity index (χ2n) is 3.62. The standard InChI is InChI=1S/C13H17NO2/c1-2-15-8-7-14-10-12-9-11-5-3-4-6-13(11)16-12/h3-6,9,14H,2,7-8,10H2,1H3. The normalized spacial score (nSPS) is 11.1. The Morgan fingerprint density at radius 1 is 1.31 bits per heavy atom. The van der Waals surface area contributed by atoms with Crippen LogP contribution in [0.25, 0.3) is 11.0 Å². The Morgan fingerprint density at radius 2 is 2.19 bits per heavy atom. The molecule has 3 heteroatoms. The van der Waals surface area contributed by atoms with Crippen LogP contribution in [0.15, 0.2) is 34.7 Å². The van der Waals surface area contributed by atoms with Crippen molar-refractivity contribution in [3.8, 4) is 0 Å². The van der Waals surface area contributed by atoms with Crippen LogP contribution in [0, 0.1) is 0 Å². The molecule has 0 atom stereocenters. The van der Waals surface area contributed by atoms with Crippen LogP contribution in [-0.4, -0.2) is 19.8 Å². The van der Waals surface area contributed by atoms with Gasteiger partial charge in [-0.15, -0.1) is 0 Å². The number of benzene rings is 1. The van der Waals surface area contributed by atoms with Crippen LogP contribution in [0.5, 0.6) is 0 Å². The van der Waals surface area contributed by atoms with Crippen LogP contribution in [0.4, 0.5) is 0 Å². The predicted octanol–water partition coefficient (Wildman–Crippen LogP) is 2.56. The Bertz CT molecular complexity index is 403. The van der Waals surface area contributed by atoms with Crippen molar-refractivity contribution in [3.05, 3.63) is 36.1 Å². The van der Waals surface area contributed by atoms with Gasteiger partial charge in [-0.2, -0.15) is 0 Å². The fourth-order valence-electron chi connectivity index (χ4n) is 1.62. The molecule has 0 aliphatic heterocycles. The number of para-hydroxylation sites is 1. The van der Waals surface area contributed by atoms with Crippen molar-refractivity contribution >= 4 is 11.0 Å². The molecule has 1 N–H and O–H groups in total. The van der Waals surface area contributed by atoms with Gasteiger partial charge in [-0.25, -0.2) is 0 Å². The van der Waals surface area contributed by atoms with Crippen LogP contribution < -0.4 is 5.32 Å². The molecule has 2 rings (SSSR count). The van der Waals surface area contributed by atoms with E-state index in [1.807, 2.05) is 25.1 Å². The summed E-state index contributed by atoms with van der Waals surface area (Å²) in [6.07, 6.45) is 0. The van der Waals surface area contributed by atoms with Crippen LogP contribution in [0.2, 0.25) is 0 Å². The Hall–Kier alpha value is -1.32. The zero-order chi connectivity index (χ0) is 11.2. The van der Waals surface area contributed by atoms with Gasteiger partial charge in [-0.1, -0.05) is 18.2 Å². The maximum absolute atomic E-state index is 5.67. The van der Waals surface area contributed by atoms with E-state index in [-0.39, 0.29) is 0 Å². The Labute approximate surface area is 95.4 Å². The quantitative estimate of drug-likeness (QED) is 0.758. The number of rotatable bonds is 6. The molecule has 0 aliphatic carbocycles. The molecule has 2 aromatic rings. The van der Waals surface area contributed by atoms with E-state index in [0.29, 0.717) is 0 Å². The molecule has 0 spiro atoms. The summed E-state index contributed by atoms with van der Waals surface area (Å²) in [4.78, 5) is 0. The Kier molecular flexibility index (Phi) is 3.97. The van der Waals surface area contributed by atoms with Crippen molar-refractivity contribution in [2.24, 2.45) is 0 Å². The zero-order valence-electron chi connectivity index (χ0n) is 9.53. The summed E-state index contributed by atoms with van der Waals surface area (Å²) in [6.45, 7) is 5.12. The topological polar surface area (TPSA) is 34.4 Å². The summed E-state index contributed by atoms with van der Waals surface area (Å²) in [6, 6.07) is 10.1. The van der Waals surface area contributed by atoms with Crippen LogP contribution in [0.1, 0.15) is 12.7 Å². The highest BCUT2D eigenvalue weighted by molar-refractivity contribution is 5.77. The van der Waals surface area contributed by atoms with Gasteiger partial charge in [0.05, 0.1) is 13.2 Å². The SMILES string of the molecule is CCOCCNCc1cc2ccccc2o1. The number of ether oxygens (including phenoxy) is 1. The van der Waals surface area contributed by atoms with Crippen molar-refractivity contribution in [1.29, 1.82) is 0 Å². The van der Waals surface area contributed by atoms with Gasteiger partial charge < -0.3 is 14.5 Å². The molecule has 0 aliphatic rings. The van der Waals surface area contributed by atoms with E-state index >= 15 is 0 Å². The van der Waals surface area contributed by atoms with Gasteiger partial charge in [0.1, 0.15) is 11.3 Å². The van der Waals surface area contributed by atoms with Gasteiger partial charge >= 0.3 is 0 Å². The number of nitrogens with one attached hydrogen (secondary N) is 1. The first kappa shape index (κ1) is 11.2. The summed E-state index contributed by atoms with van der Waals surface area (Å²) in [5.41, 5.74) is 0.948. The Morgan fingerprint density at radius 3 is 3.00 bits per heavy atom. The first-order valence-electron chi connectivity index (χ1n) is 5.66. The third-order valence-corrected chi connectivity index (χ3v) is 2.40. The van der Waals surface area contributed by atoms with Gasteiger partial charge in [-0.05, 0) is 19.1 Å². The lowest BCUT2D eigenvalue weighted by atomic mass is 10.2. The minimum atomic E-state index is 0.747. The molecule has 0 unspecified atom stereocenters. The maximum atomic E-state index is 5.67. The second-order valence-corrected chi connectivity index (χ2v) is 3.62. The van der Waals surface area contributed by atoms with Crippen molar-refractivity contribution in [1.82, 2.24) is 5.32 Å². The fraction of sp³-hybridized carbons (Fsp3) is 0.385. The summed E-state index contributed by atoms with van der Waals surface area (Å²) >= 11 is 0. The first-order chi connectivity index (χ1) is 7.90. The smallest absolute Gasteiger partial charge is 0.134 e. The van der Waals surface area contributed by atoms with Crippen molar-refractivity contribution in [2.45, 2.75) is 13.5 Å². The van der Waals surface area contributed by atoms with Gasteiger partial charge in [0.2, 0.25) is 0 Å². The molecule has 0 fully saturated rings. The molecule has 1 aromatic heterocycles. The molecular formula is C13H17NO2. The van der Waals surface area contributed by atoms with Gasteiger partial charge in [-0.3, -0.25) is 0 Å². The van der Waals surface area contributed by atoms with E-state index in [1.54, 1.807) is 0 Å². The third-order valence-electron chi connectivity index (χ3n) is 2.40. The lowest BCUT2D eigenvalue weighted by Crippen LogP contribution is -2.18. The van der Waals surface area contributed by atoms with E-state index in [0.717, 1.165) is 43.0 Å². The van der Waals surface area contributed by atoms with E-state index in [4.69, 9.17) is 9.15 Å². The molecule has 0 saturated heterocycles. The van der Waals surface area contributed by atoms with E-state index in [9.17, 15) is 0 Å². The van der Waals surface area contributed by atoms with Gasteiger partial charge in [0.15, 0.2) is 0 Å². The molecule has 0 radical (unpaired) electrons. The fourth-order valence-corrected chi connectivity index (χ4v) is 1.62. The minimum absolute atomic E-state index is 0.747. The molecule has 86 valence electrons. The highest BCUT2D eigenvalue weighted by atomic mass is 16.5. The summed E-state index contributed by atoms with van der Waals surface area (Å²) in [5, 5.41) is 4.44. The number of hydrogen-bond acceptors (Lipinski definition) is 3. The van der Waals surface area contributed by atoms with Crippen molar-refractivity contribution in [2.75, 3.05) is 19.8 Å². The van der Waals surface area contributed by atoms with Gasteiger partial charge in [0.25, 0.3) is 0 Å². The molecular weight excluding hydrogens is 202 g/mol. The highest BCUT2D eigenvalue weighted by Crippen LogP contribution is 2.18. The zero-order valence-corrected chi connectivity index (χ0v) is 9.53. The largest absolute Gasteiger partial charge is 0.460 e. The maximum Gasteiger partial charge on any atom is 0.134 e. The van der Waals surface area contributed by atoms with Crippen molar-refractivity contribution < 1.29 is 9.15 Å². The molecule has 0 amide bonds. The van der Waals surface area contributed by atoms with E-state index in [2.05, 4.69) is 17.4 Å². The molecule has 0 saturated carbocycles. The Balaban J connectivity index is 1.85. The summed E-state index contributed by atoms with van der Waals surface area (Å²) < 4.78 is 10.9. The third kappa shape index (κ3) is 2.84. The van der Waals surface area contributed by atoms with Crippen LogP contribution >= 0.6 is 0 Å². The average molecular weight is 219 g/mol. The first-order valence-corrected chi connectivity index (χ1v) is 5.66. The molecule has 1 heterocycles. The molecule has 1 aromatic carbocycles. The number of hydrogen-bond donors (Lipinski definition) is 1. The van der Waals surface area contributed by atoms with E-state index < -0.39 is 0 Å². The summed E-state index contributed by atoms with van der Waals surface area (Å²) in [5.74, 6) is 0.970. The second kappa shape index (κ2) is 5.68. The number of furan rings is 1. The van der Waals surface area contributed by atoms with Crippen molar-refractivity contribution in [3.63, 3.8) is 0 Å². The average Bonchev–Trinajstić information content (AvgIpc) is 2.71. The molecule has 0 bridgehead atoms. The summed E-state index contributed by atoms with van der Waals surface area (Å²) in [7, 11) is 0. The predicted molar refractivity (Wildman–Crippen MR) is 64.4 cm³/mol. The highest BCUT2D eigenvalue weighted by Gasteiger charge is 2.01. The lowest BCUT2D eigenvalue weighted by Gasteiger charge is -2.01. The van der Waals surface area contributed by atoms with E-state index in [1.165, 1.54) is 0 Å².